The number of aryl methyl sites for hydroxylation is 2. The van der Waals surface area contributed by atoms with Crippen LogP contribution < -0.4 is 0 Å². The van der Waals surface area contributed by atoms with Gasteiger partial charge in [0.25, 0.3) is 0 Å². The fourth-order valence-corrected chi connectivity index (χ4v) is 6.23. The molecule has 1 aliphatic rings. The molecule has 6 nitrogen and oxygen atoms in total. The molecule has 0 radical (unpaired) electrons. The minimum atomic E-state index is -4.03. The Kier molecular flexibility index (Phi) is 6.04. The highest BCUT2D eigenvalue weighted by molar-refractivity contribution is 7.92. The Bertz CT molecular complexity index is 1020. The molecular formula is C23H26O6S. The van der Waals surface area contributed by atoms with Crippen LogP contribution in [0.15, 0.2) is 53.4 Å². The maximum Gasteiger partial charge on any atom is 0.325 e. The van der Waals surface area contributed by atoms with Crippen LogP contribution in [0.1, 0.15) is 36.5 Å². The first-order valence-electron chi connectivity index (χ1n) is 9.92. The predicted molar refractivity (Wildman–Crippen MR) is 112 cm³/mol. The maximum atomic E-state index is 13.6. The summed E-state index contributed by atoms with van der Waals surface area (Å²) in [6.45, 7) is 7.04. The minimum Gasteiger partial charge on any atom is -0.465 e. The van der Waals surface area contributed by atoms with Crippen LogP contribution >= 0.6 is 0 Å². The topological polar surface area (TPSA) is 86.7 Å². The van der Waals surface area contributed by atoms with Crippen LogP contribution in [0.25, 0.3) is 0 Å². The third kappa shape index (κ3) is 3.51. The SMILES string of the molecule is CCOC(=O)C1(C(=O)OCC)[C@H](c2ccc(C)cc2)[C@H]1S(=O)(=O)c1ccc(C)cc1. The highest BCUT2D eigenvalue weighted by atomic mass is 32.2. The molecule has 1 aliphatic carbocycles. The number of hydrogen-bond acceptors (Lipinski definition) is 6. The zero-order chi connectivity index (χ0) is 22.1. The Labute approximate surface area is 177 Å². The molecule has 7 heteroatoms. The standard InChI is InChI=1S/C23H26O6S/c1-5-28-21(24)23(22(25)29-6-2)19(17-11-7-15(3)8-12-17)20(23)30(26,27)18-13-9-16(4)10-14-18/h7-14,19-20H,5-6H2,1-4H3/t19-,20-/m1/s1. The van der Waals surface area contributed by atoms with E-state index in [-0.39, 0.29) is 18.1 Å². The van der Waals surface area contributed by atoms with Crippen LogP contribution in [0.5, 0.6) is 0 Å². The number of ether oxygens (including phenoxy) is 2. The summed E-state index contributed by atoms with van der Waals surface area (Å²) in [5.74, 6) is -2.62. The van der Waals surface area contributed by atoms with Gasteiger partial charge in [-0.15, -0.1) is 0 Å². The Balaban J connectivity index is 2.19. The summed E-state index contributed by atoms with van der Waals surface area (Å²) >= 11 is 0. The highest BCUT2D eigenvalue weighted by Crippen LogP contribution is 2.65. The fraction of sp³-hybridized carbons (Fsp3) is 0.391. The van der Waals surface area contributed by atoms with E-state index in [1.807, 2.05) is 26.0 Å². The summed E-state index contributed by atoms with van der Waals surface area (Å²) in [5, 5.41) is -1.30. The van der Waals surface area contributed by atoms with Crippen molar-refractivity contribution in [1.82, 2.24) is 0 Å². The normalized spacial score (nSPS) is 19.7. The molecule has 2 aromatic rings. The average molecular weight is 431 g/mol. The molecule has 2 aromatic carbocycles. The maximum absolute atomic E-state index is 13.6. The quantitative estimate of drug-likeness (QED) is 0.495. The van der Waals surface area contributed by atoms with Gasteiger partial charge < -0.3 is 9.47 Å². The zero-order valence-corrected chi connectivity index (χ0v) is 18.4. The Hall–Kier alpha value is -2.67. The lowest BCUT2D eigenvalue weighted by molar-refractivity contribution is -0.164. The highest BCUT2D eigenvalue weighted by Gasteiger charge is 2.81. The summed E-state index contributed by atoms with van der Waals surface area (Å²) in [6.07, 6.45) is 0. The van der Waals surface area contributed by atoms with Gasteiger partial charge in [-0.05, 0) is 45.4 Å². The van der Waals surface area contributed by atoms with E-state index in [0.717, 1.165) is 11.1 Å². The van der Waals surface area contributed by atoms with Gasteiger partial charge in [0.1, 0.15) is 5.25 Å². The van der Waals surface area contributed by atoms with Gasteiger partial charge in [-0.3, -0.25) is 9.59 Å². The molecular weight excluding hydrogens is 404 g/mol. The number of esters is 2. The van der Waals surface area contributed by atoms with Crippen LogP contribution in [0.2, 0.25) is 0 Å². The van der Waals surface area contributed by atoms with Gasteiger partial charge in [0.05, 0.1) is 18.1 Å². The Morgan fingerprint density at radius 2 is 1.27 bits per heavy atom. The molecule has 0 saturated heterocycles. The van der Waals surface area contributed by atoms with Crippen molar-refractivity contribution < 1.29 is 27.5 Å². The molecule has 0 amide bonds. The molecule has 1 fully saturated rings. The lowest BCUT2D eigenvalue weighted by Gasteiger charge is -2.15. The molecule has 160 valence electrons. The lowest BCUT2D eigenvalue weighted by atomic mass is 9.98. The van der Waals surface area contributed by atoms with Crippen molar-refractivity contribution in [1.29, 1.82) is 0 Å². The van der Waals surface area contributed by atoms with E-state index >= 15 is 0 Å². The van der Waals surface area contributed by atoms with E-state index in [0.29, 0.717) is 5.56 Å². The summed E-state index contributed by atoms with van der Waals surface area (Å²) in [5.41, 5.74) is 0.546. The molecule has 1 saturated carbocycles. The number of carbonyl (C=O) groups excluding carboxylic acids is 2. The first-order valence-corrected chi connectivity index (χ1v) is 11.5. The van der Waals surface area contributed by atoms with Crippen molar-refractivity contribution in [2.24, 2.45) is 5.41 Å². The van der Waals surface area contributed by atoms with Crippen molar-refractivity contribution in [3.8, 4) is 0 Å². The molecule has 30 heavy (non-hydrogen) atoms. The molecule has 0 N–H and O–H groups in total. The van der Waals surface area contributed by atoms with Crippen molar-refractivity contribution in [3.63, 3.8) is 0 Å². The van der Waals surface area contributed by atoms with Gasteiger partial charge in [-0.25, -0.2) is 8.42 Å². The molecule has 0 aromatic heterocycles. The molecule has 0 spiro atoms. The third-order valence-electron chi connectivity index (χ3n) is 5.48. The molecule has 0 unspecified atom stereocenters. The Morgan fingerprint density at radius 3 is 1.70 bits per heavy atom. The molecule has 2 atom stereocenters. The van der Waals surface area contributed by atoms with Crippen molar-refractivity contribution in [3.05, 3.63) is 65.2 Å². The van der Waals surface area contributed by atoms with Crippen LogP contribution in [-0.4, -0.2) is 38.8 Å². The van der Waals surface area contributed by atoms with Gasteiger partial charge in [0.2, 0.25) is 0 Å². The molecule has 3 rings (SSSR count). The van der Waals surface area contributed by atoms with Crippen molar-refractivity contribution in [2.75, 3.05) is 13.2 Å². The third-order valence-corrected chi connectivity index (χ3v) is 7.72. The fourth-order valence-electron chi connectivity index (χ4n) is 3.94. The van der Waals surface area contributed by atoms with E-state index in [9.17, 15) is 18.0 Å². The van der Waals surface area contributed by atoms with Gasteiger partial charge in [0, 0.05) is 5.92 Å². The van der Waals surface area contributed by atoms with E-state index in [2.05, 4.69) is 0 Å². The number of rotatable bonds is 7. The monoisotopic (exact) mass is 430 g/mol. The summed E-state index contributed by atoms with van der Waals surface area (Å²) < 4.78 is 37.5. The van der Waals surface area contributed by atoms with E-state index in [1.165, 1.54) is 12.1 Å². The summed E-state index contributed by atoms with van der Waals surface area (Å²) in [4.78, 5) is 26.2. The second kappa shape index (κ2) is 8.22. The van der Waals surface area contributed by atoms with Gasteiger partial charge in [-0.1, -0.05) is 47.5 Å². The van der Waals surface area contributed by atoms with E-state index in [1.54, 1.807) is 38.1 Å². The first kappa shape index (κ1) is 22.0. The first-order chi connectivity index (χ1) is 14.2. The van der Waals surface area contributed by atoms with Crippen LogP contribution in [0.3, 0.4) is 0 Å². The van der Waals surface area contributed by atoms with Gasteiger partial charge in [0.15, 0.2) is 15.3 Å². The van der Waals surface area contributed by atoms with Crippen molar-refractivity contribution in [2.45, 2.75) is 43.8 Å². The van der Waals surface area contributed by atoms with Crippen LogP contribution in [0, 0.1) is 19.3 Å². The molecule has 0 heterocycles. The smallest absolute Gasteiger partial charge is 0.325 e. The van der Waals surface area contributed by atoms with Crippen LogP contribution in [-0.2, 0) is 28.9 Å². The Morgan fingerprint density at radius 1 is 0.833 bits per heavy atom. The van der Waals surface area contributed by atoms with E-state index in [4.69, 9.17) is 9.47 Å². The second-order valence-electron chi connectivity index (χ2n) is 7.48. The summed E-state index contributed by atoms with van der Waals surface area (Å²) in [6, 6.07) is 13.5. The zero-order valence-electron chi connectivity index (χ0n) is 17.5. The van der Waals surface area contributed by atoms with Crippen LogP contribution in [0.4, 0.5) is 0 Å². The number of benzene rings is 2. The van der Waals surface area contributed by atoms with Gasteiger partial charge in [-0.2, -0.15) is 0 Å². The number of carbonyl (C=O) groups is 2. The second-order valence-corrected chi connectivity index (χ2v) is 9.55. The number of hydrogen-bond donors (Lipinski definition) is 0. The minimum absolute atomic E-state index is 0.0257. The average Bonchev–Trinajstić information content (AvgIpc) is 3.42. The summed E-state index contributed by atoms with van der Waals surface area (Å²) in [7, 11) is -4.03. The predicted octanol–water partition coefficient (Wildman–Crippen LogP) is 3.36. The lowest BCUT2D eigenvalue weighted by Crippen LogP contribution is -2.35. The van der Waals surface area contributed by atoms with Gasteiger partial charge >= 0.3 is 11.9 Å². The number of sulfone groups is 1. The molecule has 0 aliphatic heterocycles. The van der Waals surface area contributed by atoms with Crippen molar-refractivity contribution >= 4 is 21.8 Å². The largest absolute Gasteiger partial charge is 0.465 e. The molecule has 0 bridgehead atoms. The van der Waals surface area contributed by atoms with E-state index < -0.39 is 38.4 Å².